The molecule has 8 heteroatoms. The van der Waals surface area contributed by atoms with Crippen molar-refractivity contribution in [2.75, 3.05) is 13.2 Å². The monoisotopic (exact) mass is 401 g/mol. The van der Waals surface area contributed by atoms with Gasteiger partial charge < -0.3 is 19.4 Å². The molecule has 0 aliphatic carbocycles. The number of nitrogens with zero attached hydrogens (tertiary/aromatic N) is 2. The van der Waals surface area contributed by atoms with Crippen LogP contribution in [-0.2, 0) is 7.05 Å². The first kappa shape index (κ1) is 18.3. The number of carbonyl (C=O) groups excluding carboxylic acids is 1. The highest BCUT2D eigenvalue weighted by Gasteiger charge is 2.24. The molecule has 1 unspecified atom stereocenters. The fourth-order valence-electron chi connectivity index (χ4n) is 3.09. The highest BCUT2D eigenvalue weighted by Crippen LogP contribution is 2.38. The Morgan fingerprint density at radius 2 is 2.11 bits per heavy atom. The average Bonchev–Trinajstić information content (AvgIpc) is 3.11. The molecule has 2 aromatic carbocycles. The summed E-state index contributed by atoms with van der Waals surface area (Å²) < 4.78 is 26.6. The Morgan fingerprint density at radius 1 is 1.29 bits per heavy atom. The number of carbonyl (C=O) groups is 1. The molecule has 1 aliphatic heterocycles. The summed E-state index contributed by atoms with van der Waals surface area (Å²) in [6.45, 7) is 0.784. The number of aromatic nitrogens is 2. The van der Waals surface area contributed by atoms with Crippen molar-refractivity contribution in [3.63, 3.8) is 0 Å². The Morgan fingerprint density at radius 3 is 2.86 bits per heavy atom. The highest BCUT2D eigenvalue weighted by atomic mass is 35.5. The van der Waals surface area contributed by atoms with Gasteiger partial charge in [0.2, 0.25) is 0 Å². The van der Waals surface area contributed by atoms with E-state index in [1.165, 1.54) is 18.2 Å². The molecule has 0 saturated carbocycles. The lowest BCUT2D eigenvalue weighted by Crippen LogP contribution is -2.31. The number of rotatable bonds is 4. The minimum absolute atomic E-state index is 0.293. The van der Waals surface area contributed by atoms with Crippen LogP contribution in [0.15, 0.2) is 48.8 Å². The third kappa shape index (κ3) is 3.53. The highest BCUT2D eigenvalue weighted by molar-refractivity contribution is 6.32. The SMILES string of the molecule is Cn1ccnc1C(NC(=O)c1cc(Cl)c2c(c1)OCCO2)c1cccc(F)c1. The molecule has 1 aromatic heterocycles. The van der Waals surface area contributed by atoms with Crippen LogP contribution in [0.3, 0.4) is 0 Å². The van der Waals surface area contributed by atoms with Gasteiger partial charge in [0.05, 0.1) is 5.02 Å². The lowest BCUT2D eigenvalue weighted by Gasteiger charge is -2.22. The molecule has 0 bridgehead atoms. The normalized spacial score (nSPS) is 13.8. The first-order chi connectivity index (χ1) is 13.5. The van der Waals surface area contributed by atoms with Crippen LogP contribution >= 0.6 is 11.6 Å². The molecule has 3 aromatic rings. The number of fused-ring (bicyclic) bond motifs is 1. The number of benzene rings is 2. The molecular formula is C20H17ClFN3O3. The van der Waals surface area contributed by atoms with Gasteiger partial charge in [0.25, 0.3) is 5.91 Å². The Kier molecular flexibility index (Phi) is 4.92. The van der Waals surface area contributed by atoms with Crippen molar-refractivity contribution in [2.24, 2.45) is 7.05 Å². The van der Waals surface area contributed by atoms with Crippen molar-refractivity contribution < 1.29 is 18.7 Å². The Labute approximate surface area is 165 Å². The van der Waals surface area contributed by atoms with Crippen LogP contribution in [0.1, 0.15) is 27.8 Å². The minimum atomic E-state index is -0.643. The summed E-state index contributed by atoms with van der Waals surface area (Å²) in [6.07, 6.45) is 3.38. The molecule has 6 nitrogen and oxygen atoms in total. The first-order valence-corrected chi connectivity index (χ1v) is 9.03. The third-order valence-corrected chi connectivity index (χ3v) is 4.71. The van der Waals surface area contributed by atoms with Crippen molar-refractivity contribution >= 4 is 17.5 Å². The van der Waals surface area contributed by atoms with Gasteiger partial charge in [-0.3, -0.25) is 4.79 Å². The molecule has 0 spiro atoms. The van der Waals surface area contributed by atoms with Gasteiger partial charge >= 0.3 is 0 Å². The Hall–Kier alpha value is -3.06. The smallest absolute Gasteiger partial charge is 0.252 e. The van der Waals surface area contributed by atoms with Crippen LogP contribution in [0.4, 0.5) is 4.39 Å². The van der Waals surface area contributed by atoms with E-state index in [4.69, 9.17) is 21.1 Å². The first-order valence-electron chi connectivity index (χ1n) is 8.65. The van der Waals surface area contributed by atoms with Gasteiger partial charge in [-0.1, -0.05) is 23.7 Å². The van der Waals surface area contributed by atoms with E-state index in [-0.39, 0.29) is 0 Å². The summed E-state index contributed by atoms with van der Waals surface area (Å²) in [7, 11) is 1.81. The number of hydrogen-bond acceptors (Lipinski definition) is 4. The van der Waals surface area contributed by atoms with Gasteiger partial charge in [-0.05, 0) is 29.8 Å². The van der Waals surface area contributed by atoms with Crippen molar-refractivity contribution in [3.8, 4) is 11.5 Å². The van der Waals surface area contributed by atoms with E-state index >= 15 is 0 Å². The van der Waals surface area contributed by atoms with Crippen molar-refractivity contribution in [1.29, 1.82) is 0 Å². The summed E-state index contributed by atoms with van der Waals surface area (Å²) in [5.41, 5.74) is 0.885. The molecule has 1 atom stereocenters. The number of imidazole rings is 1. The lowest BCUT2D eigenvalue weighted by molar-refractivity contribution is 0.0940. The summed E-state index contributed by atoms with van der Waals surface area (Å²) in [4.78, 5) is 17.3. The largest absolute Gasteiger partial charge is 0.486 e. The predicted molar refractivity (Wildman–Crippen MR) is 101 cm³/mol. The topological polar surface area (TPSA) is 65.4 Å². The fraction of sp³-hybridized carbons (Fsp3) is 0.200. The van der Waals surface area contributed by atoms with Crippen LogP contribution in [-0.4, -0.2) is 28.7 Å². The van der Waals surface area contributed by atoms with E-state index in [1.54, 1.807) is 35.2 Å². The quantitative estimate of drug-likeness (QED) is 0.726. The molecule has 28 heavy (non-hydrogen) atoms. The van der Waals surface area contributed by atoms with E-state index in [0.29, 0.717) is 46.7 Å². The maximum Gasteiger partial charge on any atom is 0.252 e. The summed E-state index contributed by atoms with van der Waals surface area (Å²) in [5.74, 6) is 0.630. The number of ether oxygens (including phenoxy) is 2. The molecular weight excluding hydrogens is 385 g/mol. The number of amides is 1. The predicted octanol–water partition coefficient (Wildman–Crippen LogP) is 3.50. The molecule has 1 amide bonds. The second-order valence-electron chi connectivity index (χ2n) is 6.34. The molecule has 4 rings (SSSR count). The zero-order chi connectivity index (χ0) is 19.7. The summed E-state index contributed by atoms with van der Waals surface area (Å²) in [5, 5.41) is 3.20. The van der Waals surface area contributed by atoms with Gasteiger partial charge in [-0.15, -0.1) is 0 Å². The maximum absolute atomic E-state index is 13.8. The van der Waals surface area contributed by atoms with Crippen molar-refractivity contribution in [1.82, 2.24) is 14.9 Å². The van der Waals surface area contributed by atoms with E-state index < -0.39 is 17.8 Å². The molecule has 1 aliphatic rings. The number of nitrogens with one attached hydrogen (secondary N) is 1. The standard InChI is InChI=1S/C20H17ClFN3O3/c1-25-6-5-23-19(25)17(12-3-2-4-14(22)9-12)24-20(26)13-10-15(21)18-16(11-13)27-7-8-28-18/h2-6,9-11,17H,7-8H2,1H3,(H,24,26). The minimum Gasteiger partial charge on any atom is -0.486 e. The number of hydrogen-bond donors (Lipinski definition) is 1. The van der Waals surface area contributed by atoms with Crippen LogP contribution in [0, 0.1) is 5.82 Å². The number of aryl methyl sites for hydroxylation is 1. The zero-order valence-electron chi connectivity index (χ0n) is 15.0. The van der Waals surface area contributed by atoms with Gasteiger partial charge in [0.15, 0.2) is 11.5 Å². The van der Waals surface area contributed by atoms with E-state index in [0.717, 1.165) is 0 Å². The molecule has 2 heterocycles. The third-order valence-electron chi connectivity index (χ3n) is 4.43. The van der Waals surface area contributed by atoms with Gasteiger partial charge in [0.1, 0.15) is 30.9 Å². The van der Waals surface area contributed by atoms with Crippen LogP contribution in [0.25, 0.3) is 0 Å². The van der Waals surface area contributed by atoms with Crippen molar-refractivity contribution in [2.45, 2.75) is 6.04 Å². The lowest BCUT2D eigenvalue weighted by atomic mass is 10.0. The zero-order valence-corrected chi connectivity index (χ0v) is 15.7. The van der Waals surface area contributed by atoms with E-state index in [9.17, 15) is 9.18 Å². The second kappa shape index (κ2) is 7.52. The fourth-order valence-corrected chi connectivity index (χ4v) is 3.36. The summed E-state index contributed by atoms with van der Waals surface area (Å²) >= 11 is 6.24. The van der Waals surface area contributed by atoms with Gasteiger partial charge in [-0.2, -0.15) is 0 Å². The molecule has 0 radical (unpaired) electrons. The van der Waals surface area contributed by atoms with Gasteiger partial charge in [-0.25, -0.2) is 9.37 Å². The van der Waals surface area contributed by atoms with Crippen LogP contribution < -0.4 is 14.8 Å². The van der Waals surface area contributed by atoms with Crippen LogP contribution in [0.5, 0.6) is 11.5 Å². The second-order valence-corrected chi connectivity index (χ2v) is 6.75. The average molecular weight is 402 g/mol. The molecule has 0 fully saturated rings. The summed E-state index contributed by atoms with van der Waals surface area (Å²) in [6, 6.07) is 8.50. The molecule has 1 N–H and O–H groups in total. The van der Waals surface area contributed by atoms with Gasteiger partial charge in [0, 0.05) is 25.0 Å². The maximum atomic E-state index is 13.8. The molecule has 144 valence electrons. The Bertz CT molecular complexity index is 1040. The van der Waals surface area contributed by atoms with Crippen molar-refractivity contribution in [3.05, 3.63) is 76.6 Å². The van der Waals surface area contributed by atoms with Crippen LogP contribution in [0.2, 0.25) is 5.02 Å². The van der Waals surface area contributed by atoms with E-state index in [1.807, 2.05) is 7.05 Å². The van der Waals surface area contributed by atoms with E-state index in [2.05, 4.69) is 10.3 Å². The molecule has 0 saturated heterocycles. The number of halogens is 2. The Balaban J connectivity index is 1.68.